The Hall–Kier alpha value is -3.22. The second-order valence-corrected chi connectivity index (χ2v) is 5.45. The SMILES string of the molecule is COc1ccc(OC)c(NC(=O)c2cccc3c2OC(C)C(=O)N3)c1. The highest BCUT2D eigenvalue weighted by molar-refractivity contribution is 6.10. The monoisotopic (exact) mass is 342 g/mol. The Bertz CT molecular complexity index is 834. The van der Waals surface area contributed by atoms with Gasteiger partial charge in [-0.05, 0) is 31.2 Å². The van der Waals surface area contributed by atoms with Gasteiger partial charge in [0.05, 0.1) is 31.2 Å². The summed E-state index contributed by atoms with van der Waals surface area (Å²) in [5.41, 5.74) is 1.25. The molecule has 2 amide bonds. The average molecular weight is 342 g/mol. The molecule has 3 rings (SSSR count). The highest BCUT2D eigenvalue weighted by atomic mass is 16.5. The molecule has 25 heavy (non-hydrogen) atoms. The van der Waals surface area contributed by atoms with Gasteiger partial charge in [0.15, 0.2) is 11.9 Å². The van der Waals surface area contributed by atoms with E-state index in [2.05, 4.69) is 10.6 Å². The molecule has 7 heteroatoms. The molecule has 0 spiro atoms. The number of para-hydroxylation sites is 1. The van der Waals surface area contributed by atoms with E-state index in [1.54, 1.807) is 50.4 Å². The summed E-state index contributed by atoms with van der Waals surface area (Å²) in [5.74, 6) is 0.796. The second-order valence-electron chi connectivity index (χ2n) is 5.45. The van der Waals surface area contributed by atoms with Crippen LogP contribution in [0.4, 0.5) is 11.4 Å². The molecule has 130 valence electrons. The van der Waals surface area contributed by atoms with E-state index in [1.165, 1.54) is 7.11 Å². The number of fused-ring (bicyclic) bond motifs is 1. The Labute approximate surface area is 144 Å². The molecule has 0 saturated heterocycles. The number of methoxy groups -OCH3 is 2. The molecular weight excluding hydrogens is 324 g/mol. The number of benzene rings is 2. The van der Waals surface area contributed by atoms with Crippen molar-refractivity contribution in [2.24, 2.45) is 0 Å². The van der Waals surface area contributed by atoms with Gasteiger partial charge in [-0.25, -0.2) is 0 Å². The van der Waals surface area contributed by atoms with Gasteiger partial charge < -0.3 is 24.8 Å². The van der Waals surface area contributed by atoms with E-state index in [4.69, 9.17) is 14.2 Å². The number of nitrogens with one attached hydrogen (secondary N) is 2. The van der Waals surface area contributed by atoms with Gasteiger partial charge in [0.1, 0.15) is 11.5 Å². The maximum absolute atomic E-state index is 12.7. The fraction of sp³-hybridized carbons (Fsp3) is 0.222. The van der Waals surface area contributed by atoms with Crippen molar-refractivity contribution in [1.29, 1.82) is 0 Å². The Morgan fingerprint density at radius 3 is 2.72 bits per heavy atom. The van der Waals surface area contributed by atoms with Crippen LogP contribution < -0.4 is 24.8 Å². The van der Waals surface area contributed by atoms with Crippen molar-refractivity contribution in [2.45, 2.75) is 13.0 Å². The highest BCUT2D eigenvalue weighted by Crippen LogP contribution is 2.35. The molecule has 0 radical (unpaired) electrons. The summed E-state index contributed by atoms with van der Waals surface area (Å²) in [4.78, 5) is 24.5. The summed E-state index contributed by atoms with van der Waals surface area (Å²) in [6.07, 6.45) is -0.673. The zero-order chi connectivity index (χ0) is 18.0. The molecule has 1 aliphatic heterocycles. The van der Waals surface area contributed by atoms with Crippen molar-refractivity contribution in [3.8, 4) is 17.2 Å². The number of anilines is 2. The van der Waals surface area contributed by atoms with Crippen LogP contribution in [-0.4, -0.2) is 32.1 Å². The summed E-state index contributed by atoms with van der Waals surface area (Å²) in [5, 5.41) is 5.51. The van der Waals surface area contributed by atoms with E-state index in [0.29, 0.717) is 34.2 Å². The predicted octanol–water partition coefficient (Wildman–Crippen LogP) is 2.68. The molecule has 2 aromatic rings. The van der Waals surface area contributed by atoms with Crippen LogP contribution in [0.1, 0.15) is 17.3 Å². The van der Waals surface area contributed by atoms with Crippen molar-refractivity contribution in [1.82, 2.24) is 0 Å². The zero-order valence-electron chi connectivity index (χ0n) is 14.1. The minimum atomic E-state index is -0.673. The summed E-state index contributed by atoms with van der Waals surface area (Å²) < 4.78 is 16.1. The summed E-state index contributed by atoms with van der Waals surface area (Å²) in [6.45, 7) is 1.62. The number of carbonyl (C=O) groups is 2. The Kier molecular flexibility index (Phi) is 4.47. The lowest BCUT2D eigenvalue weighted by Gasteiger charge is -2.25. The quantitative estimate of drug-likeness (QED) is 0.892. The minimum Gasteiger partial charge on any atom is -0.497 e. The molecule has 1 aliphatic rings. The van der Waals surface area contributed by atoms with Crippen LogP contribution in [0.2, 0.25) is 0 Å². The second kappa shape index (κ2) is 6.72. The van der Waals surface area contributed by atoms with Crippen molar-refractivity contribution in [3.63, 3.8) is 0 Å². The fourth-order valence-electron chi connectivity index (χ4n) is 2.51. The molecule has 7 nitrogen and oxygen atoms in total. The van der Waals surface area contributed by atoms with Crippen molar-refractivity contribution >= 4 is 23.2 Å². The van der Waals surface area contributed by atoms with E-state index in [0.717, 1.165) is 0 Å². The smallest absolute Gasteiger partial charge is 0.265 e. The molecular formula is C18H18N2O5. The lowest BCUT2D eigenvalue weighted by atomic mass is 10.1. The number of rotatable bonds is 4. The van der Waals surface area contributed by atoms with Crippen LogP contribution in [-0.2, 0) is 4.79 Å². The summed E-state index contributed by atoms with van der Waals surface area (Å²) >= 11 is 0. The standard InChI is InChI=1S/C18H18N2O5/c1-10-17(21)19-13-6-4-5-12(16(13)25-10)18(22)20-14-9-11(23-2)7-8-15(14)24-3/h4-10H,1-3H3,(H,19,21)(H,20,22). The van der Waals surface area contributed by atoms with Gasteiger partial charge in [0.25, 0.3) is 11.8 Å². The Morgan fingerprint density at radius 1 is 1.20 bits per heavy atom. The van der Waals surface area contributed by atoms with Gasteiger partial charge in [-0.15, -0.1) is 0 Å². The van der Waals surface area contributed by atoms with E-state index in [-0.39, 0.29) is 11.8 Å². The largest absolute Gasteiger partial charge is 0.497 e. The van der Waals surface area contributed by atoms with Crippen LogP contribution in [0.5, 0.6) is 17.2 Å². The normalized spacial score (nSPS) is 15.5. The predicted molar refractivity (Wildman–Crippen MR) is 92.7 cm³/mol. The maximum atomic E-state index is 12.7. The van der Waals surface area contributed by atoms with Gasteiger partial charge in [-0.3, -0.25) is 9.59 Å². The third-order valence-corrected chi connectivity index (χ3v) is 3.84. The van der Waals surface area contributed by atoms with Gasteiger partial charge in [-0.2, -0.15) is 0 Å². The molecule has 1 heterocycles. The Morgan fingerprint density at radius 2 is 2.00 bits per heavy atom. The van der Waals surface area contributed by atoms with E-state index < -0.39 is 6.10 Å². The molecule has 2 aromatic carbocycles. The van der Waals surface area contributed by atoms with Crippen LogP contribution in [0.25, 0.3) is 0 Å². The zero-order valence-corrected chi connectivity index (χ0v) is 14.1. The van der Waals surface area contributed by atoms with Crippen LogP contribution in [0.3, 0.4) is 0 Å². The van der Waals surface area contributed by atoms with Crippen LogP contribution >= 0.6 is 0 Å². The maximum Gasteiger partial charge on any atom is 0.265 e. The minimum absolute atomic E-state index is 0.250. The molecule has 0 fully saturated rings. The van der Waals surface area contributed by atoms with E-state index in [1.807, 2.05) is 0 Å². The number of hydrogen-bond acceptors (Lipinski definition) is 5. The van der Waals surface area contributed by atoms with E-state index in [9.17, 15) is 9.59 Å². The highest BCUT2D eigenvalue weighted by Gasteiger charge is 2.27. The molecule has 2 N–H and O–H groups in total. The van der Waals surface area contributed by atoms with Gasteiger partial charge in [0.2, 0.25) is 0 Å². The number of hydrogen-bond donors (Lipinski definition) is 2. The van der Waals surface area contributed by atoms with Crippen molar-refractivity contribution in [3.05, 3.63) is 42.0 Å². The van der Waals surface area contributed by atoms with Crippen molar-refractivity contribution < 1.29 is 23.8 Å². The summed E-state index contributed by atoms with van der Waals surface area (Å²) in [7, 11) is 3.06. The molecule has 0 saturated carbocycles. The molecule has 1 unspecified atom stereocenters. The third kappa shape index (κ3) is 3.21. The molecule has 0 bridgehead atoms. The average Bonchev–Trinajstić information content (AvgIpc) is 2.62. The van der Waals surface area contributed by atoms with Gasteiger partial charge in [0, 0.05) is 6.07 Å². The summed E-state index contributed by atoms with van der Waals surface area (Å²) in [6, 6.07) is 10.1. The lowest BCUT2D eigenvalue weighted by Crippen LogP contribution is -2.35. The van der Waals surface area contributed by atoms with Crippen LogP contribution in [0, 0.1) is 0 Å². The lowest BCUT2D eigenvalue weighted by molar-refractivity contribution is -0.122. The fourth-order valence-corrected chi connectivity index (χ4v) is 2.51. The molecule has 1 atom stereocenters. The number of amides is 2. The van der Waals surface area contributed by atoms with Gasteiger partial charge >= 0.3 is 0 Å². The first kappa shape index (κ1) is 16.6. The van der Waals surface area contributed by atoms with Gasteiger partial charge in [-0.1, -0.05) is 6.07 Å². The molecule has 0 aliphatic carbocycles. The third-order valence-electron chi connectivity index (χ3n) is 3.84. The number of ether oxygens (including phenoxy) is 3. The van der Waals surface area contributed by atoms with E-state index >= 15 is 0 Å². The molecule has 0 aromatic heterocycles. The van der Waals surface area contributed by atoms with Crippen molar-refractivity contribution in [2.75, 3.05) is 24.9 Å². The van der Waals surface area contributed by atoms with Crippen LogP contribution in [0.15, 0.2) is 36.4 Å². The Balaban J connectivity index is 1.93. The first-order chi connectivity index (χ1) is 12.0. The first-order valence-corrected chi connectivity index (χ1v) is 7.67. The topological polar surface area (TPSA) is 85.9 Å². The number of carbonyl (C=O) groups excluding carboxylic acids is 2. The first-order valence-electron chi connectivity index (χ1n) is 7.67.